The highest BCUT2D eigenvalue weighted by Gasteiger charge is 2.17. The lowest BCUT2D eigenvalue weighted by molar-refractivity contribution is 0.112. The lowest BCUT2D eigenvalue weighted by Crippen LogP contribution is -2.21. The average Bonchev–Trinajstić information content (AvgIpc) is 2.36. The minimum Gasteiger partial charge on any atom is -0.427 e. The summed E-state index contributed by atoms with van der Waals surface area (Å²) < 4.78 is 6.08. The monoisotopic (exact) mass is 265 g/mol. The normalized spacial score (nSPS) is 11.0. The second-order valence-electron chi connectivity index (χ2n) is 4.04. The smallest absolute Gasteiger partial charge is 0.302 e. The fourth-order valence-electron chi connectivity index (χ4n) is 1.56. The van der Waals surface area contributed by atoms with Crippen LogP contribution >= 0.6 is 0 Å². The van der Waals surface area contributed by atoms with Crippen LogP contribution in [0.4, 0.5) is 5.95 Å². The van der Waals surface area contributed by atoms with Crippen molar-refractivity contribution in [2.75, 3.05) is 12.3 Å². The van der Waals surface area contributed by atoms with E-state index in [0.29, 0.717) is 17.0 Å². The van der Waals surface area contributed by atoms with Gasteiger partial charge in [-0.15, -0.1) is 0 Å². The highest BCUT2D eigenvalue weighted by molar-refractivity contribution is 5.51. The van der Waals surface area contributed by atoms with E-state index in [9.17, 15) is 10.0 Å². The second-order valence-corrected chi connectivity index (χ2v) is 4.04. The van der Waals surface area contributed by atoms with E-state index in [1.165, 1.54) is 6.20 Å². The van der Waals surface area contributed by atoms with Gasteiger partial charge in [-0.05, 0) is 6.42 Å². The van der Waals surface area contributed by atoms with E-state index < -0.39 is 5.56 Å². The summed E-state index contributed by atoms with van der Waals surface area (Å²) >= 11 is 0. The lowest BCUT2D eigenvalue weighted by atomic mass is 10.3. The van der Waals surface area contributed by atoms with Gasteiger partial charge in [-0.25, -0.2) is 4.98 Å². The van der Waals surface area contributed by atoms with Gasteiger partial charge in [0.15, 0.2) is 5.69 Å². The summed E-state index contributed by atoms with van der Waals surface area (Å²) in [5.74, 6) is -0.219. The zero-order valence-corrected chi connectivity index (χ0v) is 10.5. The molecule has 2 aliphatic rings. The number of anilines is 1. The standard InChI is InChI=1S/C11H15N5O3/c1-2-3-4-19-6-7-5-16(18)9-8(13-7)10(17)15-11(12)14-9/h5,18H,2-4,6H2,1H3,(H2,12,15,17). The van der Waals surface area contributed by atoms with Crippen LogP contribution in [-0.4, -0.2) is 31.5 Å². The van der Waals surface area contributed by atoms with Crippen LogP contribution in [0.2, 0.25) is 0 Å². The molecule has 0 saturated heterocycles. The van der Waals surface area contributed by atoms with Gasteiger partial charge < -0.3 is 15.7 Å². The largest absolute Gasteiger partial charge is 0.427 e. The molecule has 102 valence electrons. The van der Waals surface area contributed by atoms with E-state index >= 15 is 0 Å². The Morgan fingerprint density at radius 1 is 1.42 bits per heavy atom. The molecule has 0 aromatic heterocycles. The van der Waals surface area contributed by atoms with Crippen LogP contribution in [0.1, 0.15) is 25.5 Å². The Morgan fingerprint density at radius 2 is 2.21 bits per heavy atom. The fourth-order valence-corrected chi connectivity index (χ4v) is 1.56. The van der Waals surface area contributed by atoms with Crippen LogP contribution in [0, 0.1) is 0 Å². The summed E-state index contributed by atoms with van der Waals surface area (Å²) in [5, 5.41) is 9.74. The number of nitrogens with two attached hydrogens (primary N) is 1. The first-order valence-corrected chi connectivity index (χ1v) is 5.94. The second kappa shape index (κ2) is 5.61. The maximum Gasteiger partial charge on any atom is 0.302 e. The summed E-state index contributed by atoms with van der Waals surface area (Å²) in [4.78, 5) is 22.9. The third-order valence-corrected chi connectivity index (χ3v) is 2.49. The maximum absolute atomic E-state index is 11.6. The molecule has 8 heteroatoms. The van der Waals surface area contributed by atoms with Gasteiger partial charge in [0.1, 0.15) is 0 Å². The third-order valence-electron chi connectivity index (χ3n) is 2.49. The van der Waals surface area contributed by atoms with Gasteiger partial charge in [-0.3, -0.25) is 4.79 Å². The number of hydrogen-bond donors (Lipinski definition) is 2. The molecular formula is C11H15N5O3. The van der Waals surface area contributed by atoms with Crippen molar-refractivity contribution in [1.82, 2.24) is 19.7 Å². The molecule has 0 atom stereocenters. The van der Waals surface area contributed by atoms with Gasteiger partial charge in [-0.2, -0.15) is 14.7 Å². The van der Waals surface area contributed by atoms with Crippen LogP contribution in [0.25, 0.3) is 11.5 Å². The first kappa shape index (κ1) is 13.2. The van der Waals surface area contributed by atoms with Crippen molar-refractivity contribution in [3.63, 3.8) is 0 Å². The molecular weight excluding hydrogens is 250 g/mol. The number of nitrogens with zero attached hydrogens (tertiary/aromatic N) is 4. The Kier molecular flexibility index (Phi) is 3.91. The number of unbranched alkanes of at least 4 members (excludes halogenated alkanes) is 1. The van der Waals surface area contributed by atoms with Crippen LogP contribution in [0.15, 0.2) is 11.0 Å². The molecule has 0 saturated carbocycles. The lowest BCUT2D eigenvalue weighted by Gasteiger charge is -2.10. The molecule has 0 bridgehead atoms. The summed E-state index contributed by atoms with van der Waals surface area (Å²) in [5.41, 5.74) is 5.12. The zero-order valence-electron chi connectivity index (χ0n) is 10.5. The minimum absolute atomic E-state index is 0.0187. The average molecular weight is 265 g/mol. The topological polar surface area (TPSA) is 116 Å². The highest BCUT2D eigenvalue weighted by Crippen LogP contribution is 2.13. The fraction of sp³-hybridized carbons (Fsp3) is 0.455. The van der Waals surface area contributed by atoms with Crippen molar-refractivity contribution in [2.45, 2.75) is 26.4 Å². The van der Waals surface area contributed by atoms with Crippen molar-refractivity contribution in [3.05, 3.63) is 22.2 Å². The SMILES string of the molecule is CCCCOCc1cn(O)c2nc(N)nc(=O)c-2n1. The van der Waals surface area contributed by atoms with Crippen molar-refractivity contribution >= 4 is 5.95 Å². The molecule has 0 amide bonds. The van der Waals surface area contributed by atoms with Gasteiger partial charge in [0, 0.05) is 6.61 Å². The number of rotatable bonds is 5. The quantitative estimate of drug-likeness (QED) is 0.588. The summed E-state index contributed by atoms with van der Waals surface area (Å²) in [7, 11) is 0. The molecule has 19 heavy (non-hydrogen) atoms. The van der Waals surface area contributed by atoms with Gasteiger partial charge in [0.05, 0.1) is 18.5 Å². The van der Waals surface area contributed by atoms with Gasteiger partial charge >= 0.3 is 5.56 Å². The number of fused-ring (bicyclic) bond motifs is 1. The Bertz CT molecular complexity index is 598. The third kappa shape index (κ3) is 2.97. The minimum atomic E-state index is -0.624. The molecule has 2 aliphatic heterocycles. The molecule has 0 fully saturated rings. The van der Waals surface area contributed by atoms with Crippen LogP contribution in [0.5, 0.6) is 0 Å². The molecule has 0 spiro atoms. The van der Waals surface area contributed by atoms with Crippen molar-refractivity contribution in [1.29, 1.82) is 0 Å². The van der Waals surface area contributed by atoms with E-state index in [-0.39, 0.29) is 24.1 Å². The highest BCUT2D eigenvalue weighted by atomic mass is 16.5. The predicted octanol–water partition coefficient (Wildman–Crippen LogP) is 0.274. The van der Waals surface area contributed by atoms with E-state index in [1.807, 2.05) is 0 Å². The molecule has 0 aromatic carbocycles. The molecule has 8 nitrogen and oxygen atoms in total. The predicted molar refractivity (Wildman–Crippen MR) is 66.9 cm³/mol. The summed E-state index contributed by atoms with van der Waals surface area (Å²) in [6, 6.07) is 0. The van der Waals surface area contributed by atoms with Crippen LogP contribution < -0.4 is 11.3 Å². The van der Waals surface area contributed by atoms with Crippen molar-refractivity contribution in [3.8, 4) is 11.5 Å². The van der Waals surface area contributed by atoms with Crippen molar-refractivity contribution < 1.29 is 9.94 Å². The molecule has 0 unspecified atom stereocenters. The van der Waals surface area contributed by atoms with E-state index in [4.69, 9.17) is 10.5 Å². The Labute approximate surface area is 109 Å². The van der Waals surface area contributed by atoms with Crippen molar-refractivity contribution in [2.24, 2.45) is 0 Å². The summed E-state index contributed by atoms with van der Waals surface area (Å²) in [6.07, 6.45) is 3.31. The van der Waals surface area contributed by atoms with Gasteiger partial charge in [-0.1, -0.05) is 13.3 Å². The Hall–Kier alpha value is -2.22. The number of ether oxygens (including phenoxy) is 1. The molecule has 0 radical (unpaired) electrons. The molecule has 2 rings (SSSR count). The number of aromatic nitrogens is 4. The Morgan fingerprint density at radius 3 is 2.95 bits per heavy atom. The van der Waals surface area contributed by atoms with Gasteiger partial charge in [0.2, 0.25) is 11.8 Å². The van der Waals surface area contributed by atoms with Crippen LogP contribution in [-0.2, 0) is 11.3 Å². The molecule has 0 aromatic rings. The van der Waals surface area contributed by atoms with Crippen LogP contribution in [0.3, 0.4) is 0 Å². The van der Waals surface area contributed by atoms with E-state index in [1.54, 1.807) is 0 Å². The van der Waals surface area contributed by atoms with E-state index in [2.05, 4.69) is 21.9 Å². The first-order valence-electron chi connectivity index (χ1n) is 5.94. The first-order chi connectivity index (χ1) is 9.11. The molecule has 0 aliphatic carbocycles. The number of hydrogen-bond acceptors (Lipinski definition) is 7. The number of nitrogen functional groups attached to an aromatic ring is 1. The maximum atomic E-state index is 11.6. The Balaban J connectivity index is 2.28. The molecule has 2 heterocycles. The zero-order chi connectivity index (χ0) is 13.8. The summed E-state index contributed by atoms with van der Waals surface area (Å²) in [6.45, 7) is 2.87. The molecule has 3 N–H and O–H groups in total. The van der Waals surface area contributed by atoms with E-state index in [0.717, 1.165) is 12.8 Å². The van der Waals surface area contributed by atoms with Gasteiger partial charge in [0.25, 0.3) is 0 Å².